The first-order valence-corrected chi connectivity index (χ1v) is 10.4. The number of nitro benzene ring substituents is 1. The Morgan fingerprint density at radius 3 is 2.56 bits per heavy atom. The first-order valence-electron chi connectivity index (χ1n) is 10.4. The molecule has 3 N–H and O–H groups in total. The Labute approximate surface area is 193 Å². The molecule has 2 heterocycles. The Balaban J connectivity index is 1.39. The summed E-state index contributed by atoms with van der Waals surface area (Å²) in [5.74, 6) is -1.84. The highest BCUT2D eigenvalue weighted by Crippen LogP contribution is 2.27. The summed E-state index contributed by atoms with van der Waals surface area (Å²) >= 11 is 0. The largest absolute Gasteiger partial charge is 0.502 e. The van der Waals surface area contributed by atoms with Crippen LogP contribution in [0.4, 0.5) is 21.9 Å². The number of hydrogen-bond acceptors (Lipinski definition) is 8. The van der Waals surface area contributed by atoms with Crippen LogP contribution in [0.3, 0.4) is 0 Å². The van der Waals surface area contributed by atoms with Crippen molar-refractivity contribution < 1.29 is 29.2 Å². The van der Waals surface area contributed by atoms with E-state index < -0.39 is 40.8 Å². The number of nitrogens with zero attached hydrogens (tertiary/aromatic N) is 3. The van der Waals surface area contributed by atoms with Gasteiger partial charge in [-0.15, -0.1) is 0 Å². The third-order valence-corrected chi connectivity index (χ3v) is 5.30. The Bertz CT molecular complexity index is 1170. The third kappa shape index (κ3) is 4.96. The lowest BCUT2D eigenvalue weighted by Gasteiger charge is -2.28. The summed E-state index contributed by atoms with van der Waals surface area (Å²) < 4.78 is 5.33. The fourth-order valence-corrected chi connectivity index (χ4v) is 3.58. The van der Waals surface area contributed by atoms with E-state index in [1.54, 1.807) is 12.1 Å². The van der Waals surface area contributed by atoms with Crippen LogP contribution in [0.2, 0.25) is 0 Å². The molecule has 2 fully saturated rings. The molecular weight excluding hydrogens is 446 g/mol. The lowest BCUT2D eigenvalue weighted by molar-refractivity contribution is -0.385. The quantitative estimate of drug-likeness (QED) is 0.251. The zero-order valence-electron chi connectivity index (χ0n) is 17.9. The molecule has 0 radical (unpaired) electrons. The van der Waals surface area contributed by atoms with Crippen LogP contribution >= 0.6 is 0 Å². The van der Waals surface area contributed by atoms with Crippen molar-refractivity contribution in [2.45, 2.75) is 0 Å². The van der Waals surface area contributed by atoms with Crippen LogP contribution < -0.4 is 15.5 Å². The molecule has 2 aliphatic rings. The number of anilines is 2. The van der Waals surface area contributed by atoms with E-state index in [1.807, 2.05) is 12.1 Å². The lowest BCUT2D eigenvalue weighted by Crippen LogP contribution is -2.38. The number of phenols is 1. The molecule has 4 rings (SSSR count). The van der Waals surface area contributed by atoms with E-state index in [0.29, 0.717) is 18.9 Å². The summed E-state index contributed by atoms with van der Waals surface area (Å²) in [6, 6.07) is 9.94. The van der Waals surface area contributed by atoms with Crippen LogP contribution in [0, 0.1) is 10.1 Å². The maximum absolute atomic E-state index is 12.6. The van der Waals surface area contributed by atoms with Crippen LogP contribution in [0.15, 0.2) is 48.2 Å². The van der Waals surface area contributed by atoms with Gasteiger partial charge in [0.25, 0.3) is 5.91 Å². The number of nitro groups is 1. The van der Waals surface area contributed by atoms with Gasteiger partial charge in [0.15, 0.2) is 5.75 Å². The van der Waals surface area contributed by atoms with Crippen LogP contribution in [-0.4, -0.2) is 65.6 Å². The van der Waals surface area contributed by atoms with Crippen LogP contribution in [-0.2, 0) is 14.3 Å². The topological polar surface area (TPSA) is 154 Å². The van der Waals surface area contributed by atoms with Crippen molar-refractivity contribution in [3.05, 3.63) is 63.8 Å². The van der Waals surface area contributed by atoms with Gasteiger partial charge in [-0.05, 0) is 42.0 Å². The summed E-state index contributed by atoms with van der Waals surface area (Å²) in [6.07, 6.45) is 1.23. The molecule has 0 aromatic heterocycles. The van der Waals surface area contributed by atoms with Gasteiger partial charge in [-0.3, -0.25) is 19.7 Å². The molecule has 0 bridgehead atoms. The molecule has 0 aliphatic carbocycles. The molecule has 176 valence electrons. The van der Waals surface area contributed by atoms with E-state index in [4.69, 9.17) is 4.74 Å². The number of imide groups is 1. The van der Waals surface area contributed by atoms with Gasteiger partial charge in [-0.2, -0.15) is 0 Å². The zero-order chi connectivity index (χ0) is 24.2. The van der Waals surface area contributed by atoms with Gasteiger partial charge >= 0.3 is 11.7 Å². The first-order chi connectivity index (χ1) is 16.3. The van der Waals surface area contributed by atoms with Crippen molar-refractivity contribution in [1.29, 1.82) is 0 Å². The molecule has 12 nitrogen and oxygen atoms in total. The maximum atomic E-state index is 12.6. The van der Waals surface area contributed by atoms with Crippen molar-refractivity contribution >= 4 is 41.0 Å². The number of hydrogen-bond donors (Lipinski definition) is 3. The van der Waals surface area contributed by atoms with E-state index in [9.17, 15) is 29.6 Å². The number of morpholine rings is 1. The lowest BCUT2D eigenvalue weighted by atomic mass is 10.1. The highest BCUT2D eigenvalue weighted by Gasteiger charge is 2.35. The van der Waals surface area contributed by atoms with Crippen molar-refractivity contribution in [1.82, 2.24) is 10.2 Å². The predicted octanol–water partition coefficient (Wildman–Crippen LogP) is 1.67. The second-order valence-corrected chi connectivity index (χ2v) is 7.58. The molecule has 2 aromatic carbocycles. The zero-order valence-corrected chi connectivity index (χ0v) is 17.9. The van der Waals surface area contributed by atoms with Gasteiger partial charge in [-0.25, -0.2) is 9.69 Å². The number of nitrogens with one attached hydrogen (secondary N) is 2. The maximum Gasteiger partial charge on any atom is 0.329 e. The second-order valence-electron chi connectivity index (χ2n) is 7.58. The summed E-state index contributed by atoms with van der Waals surface area (Å²) in [7, 11) is 0. The van der Waals surface area contributed by atoms with E-state index in [-0.39, 0.29) is 11.3 Å². The van der Waals surface area contributed by atoms with Gasteiger partial charge in [0, 0.05) is 30.5 Å². The number of urea groups is 1. The minimum Gasteiger partial charge on any atom is -0.502 e. The minimum atomic E-state index is -0.789. The summed E-state index contributed by atoms with van der Waals surface area (Å²) in [5, 5.41) is 25.5. The average molecular weight is 467 g/mol. The summed E-state index contributed by atoms with van der Waals surface area (Å²) in [6.45, 7) is 2.37. The predicted molar refractivity (Wildman–Crippen MR) is 121 cm³/mol. The van der Waals surface area contributed by atoms with E-state index in [2.05, 4.69) is 15.5 Å². The van der Waals surface area contributed by atoms with Crippen LogP contribution in [0.5, 0.6) is 5.75 Å². The fourth-order valence-electron chi connectivity index (χ4n) is 3.58. The normalized spacial score (nSPS) is 17.1. The molecule has 4 amide bonds. The Kier molecular flexibility index (Phi) is 6.41. The Morgan fingerprint density at radius 1 is 1.18 bits per heavy atom. The number of carbonyl (C=O) groups is 3. The average Bonchev–Trinajstić information content (AvgIpc) is 3.08. The number of aromatic hydroxyl groups is 1. The number of rotatable bonds is 6. The van der Waals surface area contributed by atoms with Crippen LogP contribution in [0.25, 0.3) is 6.08 Å². The van der Waals surface area contributed by atoms with Crippen molar-refractivity contribution in [3.8, 4) is 5.75 Å². The number of phenolic OH excluding ortho intramolecular Hbond substituents is 1. The van der Waals surface area contributed by atoms with Gasteiger partial charge in [0.05, 0.1) is 18.1 Å². The van der Waals surface area contributed by atoms with Crippen molar-refractivity contribution in [3.63, 3.8) is 0 Å². The minimum absolute atomic E-state index is 0.146. The molecule has 34 heavy (non-hydrogen) atoms. The number of benzene rings is 2. The molecule has 12 heteroatoms. The number of carbonyl (C=O) groups excluding carboxylic acids is 3. The van der Waals surface area contributed by atoms with E-state index in [0.717, 1.165) is 35.8 Å². The van der Waals surface area contributed by atoms with Gasteiger partial charge in [0.1, 0.15) is 12.2 Å². The van der Waals surface area contributed by atoms with E-state index >= 15 is 0 Å². The second kappa shape index (κ2) is 9.58. The molecule has 2 aromatic rings. The molecule has 0 unspecified atom stereocenters. The Hall–Kier alpha value is -4.45. The SMILES string of the molecule is O=C(CN1C(=O)N/C(=C\c2ccc(O)c([N+](=O)[O-])c2)C1=O)Nc1ccc(N2CCOCC2)cc1. The fraction of sp³-hybridized carbons (Fsp3) is 0.227. The molecule has 0 spiro atoms. The van der Waals surface area contributed by atoms with Gasteiger partial charge in [0.2, 0.25) is 5.91 Å². The van der Waals surface area contributed by atoms with Gasteiger partial charge in [-0.1, -0.05) is 6.07 Å². The molecule has 2 aliphatic heterocycles. The standard InChI is InChI=1S/C22H21N5O7/c28-19-6-1-14(12-18(19)27(32)33)11-17-21(30)26(22(31)24-17)13-20(29)23-15-2-4-16(5-3-15)25-7-9-34-10-8-25/h1-6,11-12,28H,7-10,13H2,(H,23,29)(H,24,31)/b17-11-. The first kappa shape index (κ1) is 22.7. The third-order valence-electron chi connectivity index (χ3n) is 5.30. The summed E-state index contributed by atoms with van der Waals surface area (Å²) in [4.78, 5) is 50.4. The monoisotopic (exact) mass is 467 g/mol. The van der Waals surface area contributed by atoms with Crippen LogP contribution in [0.1, 0.15) is 5.56 Å². The molecular formula is C22H21N5O7. The van der Waals surface area contributed by atoms with Gasteiger partial charge < -0.3 is 25.4 Å². The number of ether oxygens (including phenoxy) is 1. The van der Waals surface area contributed by atoms with Crippen molar-refractivity contribution in [2.24, 2.45) is 0 Å². The van der Waals surface area contributed by atoms with Crippen molar-refractivity contribution in [2.75, 3.05) is 43.1 Å². The Morgan fingerprint density at radius 2 is 1.88 bits per heavy atom. The molecule has 2 saturated heterocycles. The van der Waals surface area contributed by atoms with E-state index in [1.165, 1.54) is 12.1 Å². The number of amides is 4. The highest BCUT2D eigenvalue weighted by molar-refractivity contribution is 6.16. The molecule has 0 atom stereocenters. The smallest absolute Gasteiger partial charge is 0.329 e. The summed E-state index contributed by atoms with van der Waals surface area (Å²) in [5.41, 5.74) is 1.05. The highest BCUT2D eigenvalue weighted by atomic mass is 16.6. The molecule has 0 saturated carbocycles.